The molecule has 1 aliphatic heterocycles. The number of likely N-dealkylation sites (N-methyl/N-ethyl adjacent to an activating group) is 1. The summed E-state index contributed by atoms with van der Waals surface area (Å²) in [6.07, 6.45) is 8.38. The number of nitrogens with zero attached hydrogens (tertiary/aromatic N) is 2. The molecule has 1 N–H and O–H groups in total. The van der Waals surface area contributed by atoms with Crippen LogP contribution in [0.5, 0.6) is 0 Å². The predicted molar refractivity (Wildman–Crippen MR) is 94.5 cm³/mol. The van der Waals surface area contributed by atoms with Crippen LogP contribution in [0.4, 0.5) is 5.69 Å². The third-order valence-electron chi connectivity index (χ3n) is 5.25. The van der Waals surface area contributed by atoms with Gasteiger partial charge >= 0.3 is 0 Å². The lowest BCUT2D eigenvalue weighted by atomic mass is 10.1. The van der Waals surface area contributed by atoms with Crippen LogP contribution in [0.2, 0.25) is 0 Å². The molecular weight excluding hydrogens is 270 g/mol. The molecule has 1 aromatic carbocycles. The molecule has 0 radical (unpaired) electrons. The number of nitrogens with one attached hydrogen (secondary N) is 1. The second-order valence-electron chi connectivity index (χ2n) is 7.03. The standard InChI is InChI=1S/C19H31N3/c1-21-12-14-22(15-13-21)19-10-8-17(9-11-19)16-20-18-6-4-2-3-5-7-18/h8-11,18,20H,2-7,12-16H2,1H3. The molecule has 0 spiro atoms. The molecule has 1 saturated heterocycles. The second kappa shape index (κ2) is 7.98. The summed E-state index contributed by atoms with van der Waals surface area (Å²) in [6, 6.07) is 9.94. The Labute approximate surface area is 135 Å². The molecule has 122 valence electrons. The molecule has 0 atom stereocenters. The van der Waals surface area contributed by atoms with Crippen molar-refractivity contribution in [1.82, 2.24) is 10.2 Å². The van der Waals surface area contributed by atoms with E-state index in [4.69, 9.17) is 0 Å². The van der Waals surface area contributed by atoms with Gasteiger partial charge in [0.25, 0.3) is 0 Å². The van der Waals surface area contributed by atoms with Gasteiger partial charge < -0.3 is 15.1 Å². The highest BCUT2D eigenvalue weighted by atomic mass is 15.2. The third-order valence-corrected chi connectivity index (χ3v) is 5.25. The fraction of sp³-hybridized carbons (Fsp3) is 0.684. The molecular formula is C19H31N3. The number of piperazine rings is 1. The second-order valence-corrected chi connectivity index (χ2v) is 7.03. The maximum Gasteiger partial charge on any atom is 0.0367 e. The van der Waals surface area contributed by atoms with E-state index in [0.717, 1.165) is 25.7 Å². The monoisotopic (exact) mass is 301 g/mol. The summed E-state index contributed by atoms with van der Waals surface area (Å²) in [4.78, 5) is 4.91. The zero-order valence-corrected chi connectivity index (χ0v) is 14.1. The number of anilines is 1. The van der Waals surface area contributed by atoms with E-state index >= 15 is 0 Å². The lowest BCUT2D eigenvalue weighted by Gasteiger charge is -2.34. The van der Waals surface area contributed by atoms with E-state index in [1.165, 1.54) is 62.9 Å². The maximum absolute atomic E-state index is 3.76. The van der Waals surface area contributed by atoms with Crippen LogP contribution in [0.3, 0.4) is 0 Å². The Morgan fingerprint density at radius 2 is 1.55 bits per heavy atom. The van der Waals surface area contributed by atoms with Crippen molar-refractivity contribution in [2.24, 2.45) is 0 Å². The molecule has 3 heteroatoms. The molecule has 22 heavy (non-hydrogen) atoms. The lowest BCUT2D eigenvalue weighted by Crippen LogP contribution is -2.44. The predicted octanol–water partition coefficient (Wildman–Crippen LogP) is 3.25. The van der Waals surface area contributed by atoms with Gasteiger partial charge in [0.2, 0.25) is 0 Å². The molecule has 3 rings (SSSR count). The molecule has 2 fully saturated rings. The van der Waals surface area contributed by atoms with Gasteiger partial charge in [0.05, 0.1) is 0 Å². The van der Waals surface area contributed by atoms with E-state index in [-0.39, 0.29) is 0 Å². The molecule has 0 bridgehead atoms. The van der Waals surface area contributed by atoms with Crippen molar-refractivity contribution in [2.75, 3.05) is 38.1 Å². The van der Waals surface area contributed by atoms with Crippen LogP contribution in [0.15, 0.2) is 24.3 Å². The zero-order chi connectivity index (χ0) is 15.2. The van der Waals surface area contributed by atoms with Crippen molar-refractivity contribution in [1.29, 1.82) is 0 Å². The van der Waals surface area contributed by atoms with Crippen LogP contribution in [0.1, 0.15) is 44.1 Å². The Hall–Kier alpha value is -1.06. The van der Waals surface area contributed by atoms with Gasteiger partial charge in [-0.2, -0.15) is 0 Å². The van der Waals surface area contributed by atoms with Gasteiger partial charge in [0.1, 0.15) is 0 Å². The summed E-state index contributed by atoms with van der Waals surface area (Å²) in [6.45, 7) is 5.66. The van der Waals surface area contributed by atoms with Crippen LogP contribution < -0.4 is 10.2 Å². The average molecular weight is 301 g/mol. The van der Waals surface area contributed by atoms with Crippen molar-refractivity contribution in [3.63, 3.8) is 0 Å². The molecule has 1 aromatic rings. The van der Waals surface area contributed by atoms with Crippen LogP contribution in [0.25, 0.3) is 0 Å². The summed E-state index contributed by atoms with van der Waals surface area (Å²) in [5.41, 5.74) is 2.80. The van der Waals surface area contributed by atoms with Crippen LogP contribution in [0, 0.1) is 0 Å². The summed E-state index contributed by atoms with van der Waals surface area (Å²) < 4.78 is 0. The largest absolute Gasteiger partial charge is 0.369 e. The normalized spacial score (nSPS) is 21.8. The summed E-state index contributed by atoms with van der Waals surface area (Å²) in [5.74, 6) is 0. The Morgan fingerprint density at radius 3 is 2.18 bits per heavy atom. The quantitative estimate of drug-likeness (QED) is 0.861. The van der Waals surface area contributed by atoms with Crippen molar-refractivity contribution < 1.29 is 0 Å². The van der Waals surface area contributed by atoms with Gasteiger partial charge in [-0.1, -0.05) is 37.8 Å². The Bertz CT molecular complexity index is 426. The van der Waals surface area contributed by atoms with Gasteiger partial charge in [0, 0.05) is 44.5 Å². The summed E-state index contributed by atoms with van der Waals surface area (Å²) >= 11 is 0. The fourth-order valence-corrected chi connectivity index (χ4v) is 3.63. The van der Waals surface area contributed by atoms with Crippen molar-refractivity contribution in [3.8, 4) is 0 Å². The smallest absolute Gasteiger partial charge is 0.0367 e. The first-order valence-corrected chi connectivity index (χ1v) is 9.07. The first-order valence-electron chi connectivity index (χ1n) is 9.07. The molecule has 2 aliphatic rings. The highest BCUT2D eigenvalue weighted by Crippen LogP contribution is 2.19. The topological polar surface area (TPSA) is 18.5 Å². The SMILES string of the molecule is CN1CCN(c2ccc(CNC3CCCCCC3)cc2)CC1. The minimum Gasteiger partial charge on any atom is -0.369 e. The molecule has 1 saturated carbocycles. The Balaban J connectivity index is 1.48. The molecule has 1 aliphatic carbocycles. The molecule has 3 nitrogen and oxygen atoms in total. The summed E-state index contributed by atoms with van der Waals surface area (Å²) in [5, 5.41) is 3.76. The highest BCUT2D eigenvalue weighted by molar-refractivity contribution is 5.48. The van der Waals surface area contributed by atoms with E-state index in [1.807, 2.05) is 0 Å². The highest BCUT2D eigenvalue weighted by Gasteiger charge is 2.14. The molecule has 1 heterocycles. The number of hydrogen-bond acceptors (Lipinski definition) is 3. The minimum atomic E-state index is 0.736. The van der Waals surface area contributed by atoms with E-state index < -0.39 is 0 Å². The van der Waals surface area contributed by atoms with Crippen molar-refractivity contribution >= 4 is 5.69 Å². The molecule has 0 amide bonds. The van der Waals surface area contributed by atoms with Gasteiger partial charge in [0.15, 0.2) is 0 Å². The van der Waals surface area contributed by atoms with E-state index in [9.17, 15) is 0 Å². The van der Waals surface area contributed by atoms with Crippen LogP contribution >= 0.6 is 0 Å². The van der Waals surface area contributed by atoms with E-state index in [0.29, 0.717) is 0 Å². The van der Waals surface area contributed by atoms with Gasteiger partial charge in [-0.15, -0.1) is 0 Å². The molecule has 0 unspecified atom stereocenters. The van der Waals surface area contributed by atoms with Crippen molar-refractivity contribution in [3.05, 3.63) is 29.8 Å². The van der Waals surface area contributed by atoms with Gasteiger partial charge in [-0.25, -0.2) is 0 Å². The maximum atomic E-state index is 3.76. The van der Waals surface area contributed by atoms with E-state index in [2.05, 4.69) is 46.4 Å². The van der Waals surface area contributed by atoms with Crippen LogP contribution in [-0.2, 0) is 6.54 Å². The van der Waals surface area contributed by atoms with Crippen LogP contribution in [-0.4, -0.2) is 44.2 Å². The lowest BCUT2D eigenvalue weighted by molar-refractivity contribution is 0.313. The first kappa shape index (κ1) is 15.8. The molecule has 0 aromatic heterocycles. The number of benzene rings is 1. The third kappa shape index (κ3) is 4.47. The Morgan fingerprint density at radius 1 is 0.909 bits per heavy atom. The Kier molecular flexibility index (Phi) is 5.74. The van der Waals surface area contributed by atoms with Gasteiger partial charge in [-0.05, 0) is 37.6 Å². The van der Waals surface area contributed by atoms with Crippen molar-refractivity contribution in [2.45, 2.75) is 51.1 Å². The average Bonchev–Trinajstić information content (AvgIpc) is 2.83. The number of hydrogen-bond donors (Lipinski definition) is 1. The number of rotatable bonds is 4. The summed E-state index contributed by atoms with van der Waals surface area (Å²) in [7, 11) is 2.21. The minimum absolute atomic E-state index is 0.736. The van der Waals surface area contributed by atoms with Gasteiger partial charge in [-0.3, -0.25) is 0 Å². The fourth-order valence-electron chi connectivity index (χ4n) is 3.63. The zero-order valence-electron chi connectivity index (χ0n) is 14.1. The van der Waals surface area contributed by atoms with E-state index in [1.54, 1.807) is 0 Å². The first-order chi connectivity index (χ1) is 10.8.